The summed E-state index contributed by atoms with van der Waals surface area (Å²) in [6.07, 6.45) is 1.60. The average Bonchev–Trinajstić information content (AvgIpc) is 2.77. The Morgan fingerprint density at radius 2 is 1.82 bits per heavy atom. The van der Waals surface area contributed by atoms with E-state index in [1.54, 1.807) is 0 Å². The second-order valence-electron chi connectivity index (χ2n) is 9.07. The molecule has 5 nitrogen and oxygen atoms in total. The van der Waals surface area contributed by atoms with E-state index in [-0.39, 0.29) is 11.2 Å². The Balaban J connectivity index is 2.09. The molecule has 1 N–H and O–H groups in total. The predicted molar refractivity (Wildman–Crippen MR) is 117 cm³/mol. The highest BCUT2D eigenvalue weighted by atomic mass is 32.1. The molecular weight excluding hydrogens is 373 g/mol. The zero-order valence-corrected chi connectivity index (χ0v) is 18.9. The van der Waals surface area contributed by atoms with Crippen LogP contribution in [0.5, 0.6) is 0 Å². The molecule has 154 valence electrons. The molecular formula is C21H32BNO4S. The Hall–Kier alpha value is -1.44. The Labute approximate surface area is 174 Å². The third-order valence-corrected chi connectivity index (χ3v) is 5.24. The molecule has 1 fully saturated rings. The number of nitrogens with one attached hydrogen (secondary N) is 1. The molecule has 0 radical (unpaired) electrons. The number of thiol groups is 1. The lowest BCUT2D eigenvalue weighted by Gasteiger charge is -2.32. The number of hydrogen-bond donors (Lipinski definition) is 2. The Morgan fingerprint density at radius 3 is 2.36 bits per heavy atom. The first-order chi connectivity index (χ1) is 12.8. The molecule has 0 saturated carbocycles. The fourth-order valence-corrected chi connectivity index (χ4v) is 2.92. The summed E-state index contributed by atoms with van der Waals surface area (Å²) < 4.78 is 17.5. The minimum absolute atomic E-state index is 0.390. The summed E-state index contributed by atoms with van der Waals surface area (Å²) in [5.74, 6) is 0.525. The molecule has 0 aromatic heterocycles. The molecule has 0 unspecified atom stereocenters. The first-order valence-corrected chi connectivity index (χ1v) is 10.2. The van der Waals surface area contributed by atoms with Crippen LogP contribution in [0.25, 0.3) is 6.08 Å². The molecule has 1 aromatic carbocycles. The smallest absolute Gasteiger partial charge is 0.444 e. The van der Waals surface area contributed by atoms with E-state index in [1.807, 2.05) is 78.8 Å². The fraction of sp³-hybridized carbons (Fsp3) is 0.571. The quantitative estimate of drug-likeness (QED) is 0.553. The fourth-order valence-electron chi connectivity index (χ4n) is 2.68. The van der Waals surface area contributed by atoms with Crippen LogP contribution < -0.4 is 5.32 Å². The van der Waals surface area contributed by atoms with E-state index in [0.717, 1.165) is 16.6 Å². The normalized spacial score (nSPS) is 18.9. The van der Waals surface area contributed by atoms with E-state index >= 15 is 0 Å². The lowest BCUT2D eigenvalue weighted by Crippen LogP contribution is -2.41. The van der Waals surface area contributed by atoms with Crippen molar-refractivity contribution in [1.82, 2.24) is 5.32 Å². The molecule has 1 aromatic rings. The molecule has 1 aliphatic heterocycles. The van der Waals surface area contributed by atoms with E-state index in [2.05, 4.69) is 17.9 Å². The third-order valence-electron chi connectivity index (χ3n) is 4.88. The standard InChI is InChI=1S/C21H32BNO4S/c1-19(2,3)25-18(24)23-13-16-10-8-9-15(11-16)12-17(14-28)22-26-20(4,5)21(6,7)27-22/h8-12,28H,13-14H2,1-7H3,(H,23,24). The predicted octanol–water partition coefficient (Wildman–Crippen LogP) is 4.66. The second-order valence-corrected chi connectivity index (χ2v) is 9.38. The lowest BCUT2D eigenvalue weighted by atomic mass is 9.78. The molecule has 0 aliphatic carbocycles. The summed E-state index contributed by atoms with van der Waals surface area (Å²) in [5, 5.41) is 2.78. The van der Waals surface area contributed by atoms with Crippen molar-refractivity contribution < 1.29 is 18.8 Å². The first-order valence-electron chi connectivity index (χ1n) is 9.56. The van der Waals surface area contributed by atoms with Crippen molar-refractivity contribution in [2.45, 2.75) is 71.8 Å². The summed E-state index contributed by atoms with van der Waals surface area (Å²) in [4.78, 5) is 11.8. The van der Waals surface area contributed by atoms with Crippen LogP contribution in [0.2, 0.25) is 0 Å². The Morgan fingerprint density at radius 1 is 1.21 bits per heavy atom. The van der Waals surface area contributed by atoms with E-state index in [4.69, 9.17) is 14.0 Å². The first kappa shape index (κ1) is 22.8. The molecule has 0 atom stereocenters. The van der Waals surface area contributed by atoms with Crippen molar-refractivity contribution in [3.05, 3.63) is 40.9 Å². The van der Waals surface area contributed by atoms with Gasteiger partial charge < -0.3 is 19.4 Å². The molecule has 0 spiro atoms. The minimum atomic E-state index is -0.515. The van der Waals surface area contributed by atoms with Gasteiger partial charge in [0.15, 0.2) is 0 Å². The van der Waals surface area contributed by atoms with Crippen molar-refractivity contribution >= 4 is 31.9 Å². The molecule has 1 heterocycles. The molecule has 1 aliphatic rings. The zero-order valence-electron chi connectivity index (χ0n) is 18.0. The van der Waals surface area contributed by atoms with Gasteiger partial charge in [0.1, 0.15) is 5.60 Å². The maximum atomic E-state index is 11.8. The van der Waals surface area contributed by atoms with Gasteiger partial charge in [0.05, 0.1) is 11.2 Å². The largest absolute Gasteiger partial charge is 0.491 e. The monoisotopic (exact) mass is 405 g/mol. The van der Waals surface area contributed by atoms with Crippen molar-refractivity contribution in [3.63, 3.8) is 0 Å². The van der Waals surface area contributed by atoms with E-state index in [1.165, 1.54) is 0 Å². The van der Waals surface area contributed by atoms with Gasteiger partial charge in [-0.25, -0.2) is 4.79 Å². The number of carbonyl (C=O) groups is 1. The summed E-state index contributed by atoms with van der Waals surface area (Å²) in [6, 6.07) is 7.94. The van der Waals surface area contributed by atoms with Gasteiger partial charge in [-0.15, -0.1) is 0 Å². The number of carbonyl (C=O) groups excluding carboxylic acids is 1. The molecule has 28 heavy (non-hydrogen) atoms. The van der Waals surface area contributed by atoms with Gasteiger partial charge in [-0.1, -0.05) is 30.3 Å². The average molecular weight is 405 g/mol. The Kier molecular flexibility index (Phi) is 6.95. The second kappa shape index (κ2) is 8.51. The van der Waals surface area contributed by atoms with Gasteiger partial charge in [0, 0.05) is 12.3 Å². The minimum Gasteiger partial charge on any atom is -0.444 e. The molecule has 0 bridgehead atoms. The number of rotatable bonds is 5. The maximum absolute atomic E-state index is 11.8. The summed E-state index contributed by atoms with van der Waals surface area (Å²) in [6.45, 7) is 14.0. The van der Waals surface area contributed by atoms with E-state index in [9.17, 15) is 4.79 Å². The molecule has 1 saturated heterocycles. The van der Waals surface area contributed by atoms with Crippen LogP contribution in [0.15, 0.2) is 29.7 Å². The van der Waals surface area contributed by atoms with Crippen molar-refractivity contribution in [3.8, 4) is 0 Å². The van der Waals surface area contributed by atoms with E-state index < -0.39 is 18.8 Å². The van der Waals surface area contributed by atoms with Crippen LogP contribution in [0.3, 0.4) is 0 Å². The van der Waals surface area contributed by atoms with Crippen molar-refractivity contribution in [2.24, 2.45) is 0 Å². The molecule has 2 rings (SSSR count). The number of hydrogen-bond acceptors (Lipinski definition) is 5. The summed E-state index contributed by atoms with van der Waals surface area (Å²) >= 11 is 4.47. The molecule has 7 heteroatoms. The van der Waals surface area contributed by atoms with Gasteiger partial charge >= 0.3 is 13.2 Å². The SMILES string of the molecule is CC(C)(C)OC(=O)NCc1cccc(C=C(CS)B2OC(C)(C)C(C)(C)O2)c1. The van der Waals surface area contributed by atoms with Crippen molar-refractivity contribution in [1.29, 1.82) is 0 Å². The number of amides is 1. The summed E-state index contributed by atoms with van der Waals surface area (Å²) in [7, 11) is -0.425. The van der Waals surface area contributed by atoms with Crippen LogP contribution in [0.1, 0.15) is 59.6 Å². The molecule has 1 amide bonds. The highest BCUT2D eigenvalue weighted by Crippen LogP contribution is 2.39. The van der Waals surface area contributed by atoms with Crippen LogP contribution in [-0.2, 0) is 20.6 Å². The highest BCUT2D eigenvalue weighted by molar-refractivity contribution is 7.80. The zero-order chi connectivity index (χ0) is 21.2. The maximum Gasteiger partial charge on any atom is 0.491 e. The van der Waals surface area contributed by atoms with Crippen LogP contribution in [-0.4, -0.2) is 35.8 Å². The highest BCUT2D eigenvalue weighted by Gasteiger charge is 2.52. The van der Waals surface area contributed by atoms with Gasteiger partial charge in [-0.3, -0.25) is 0 Å². The number of alkyl carbamates (subject to hydrolysis) is 1. The van der Waals surface area contributed by atoms with Crippen molar-refractivity contribution in [2.75, 3.05) is 5.75 Å². The summed E-state index contributed by atoms with van der Waals surface area (Å²) in [5.41, 5.74) is 1.64. The number of ether oxygens (including phenoxy) is 1. The third kappa shape index (κ3) is 6.03. The van der Waals surface area contributed by atoms with Gasteiger partial charge in [-0.2, -0.15) is 12.6 Å². The van der Waals surface area contributed by atoms with Gasteiger partial charge in [0.2, 0.25) is 0 Å². The van der Waals surface area contributed by atoms with Gasteiger partial charge in [-0.05, 0) is 65.1 Å². The van der Waals surface area contributed by atoms with Crippen LogP contribution >= 0.6 is 12.6 Å². The van der Waals surface area contributed by atoms with E-state index in [0.29, 0.717) is 12.3 Å². The Bertz CT molecular complexity index is 724. The van der Waals surface area contributed by atoms with Crippen LogP contribution in [0.4, 0.5) is 4.79 Å². The topological polar surface area (TPSA) is 56.8 Å². The number of benzene rings is 1. The van der Waals surface area contributed by atoms with Crippen LogP contribution in [0, 0.1) is 0 Å². The lowest BCUT2D eigenvalue weighted by molar-refractivity contribution is 0.00578. The van der Waals surface area contributed by atoms with Gasteiger partial charge in [0.25, 0.3) is 0 Å².